The van der Waals surface area contributed by atoms with E-state index in [1.807, 2.05) is 0 Å². The second kappa shape index (κ2) is 4.34. The molecule has 1 aliphatic carbocycles. The van der Waals surface area contributed by atoms with Crippen molar-refractivity contribution in [3.63, 3.8) is 0 Å². The minimum atomic E-state index is -0.295. The Labute approximate surface area is 94.6 Å². The summed E-state index contributed by atoms with van der Waals surface area (Å²) in [4.78, 5) is 11.7. The number of hydrogen-bond acceptors (Lipinski definition) is 2. The first-order chi connectivity index (χ1) is 7.57. The third-order valence-corrected chi connectivity index (χ3v) is 3.19. The van der Waals surface area contributed by atoms with Crippen LogP contribution in [-0.4, -0.2) is 11.3 Å². The number of hydrogen-bond donors (Lipinski definition) is 1. The summed E-state index contributed by atoms with van der Waals surface area (Å²) in [5, 5.41) is 0. The van der Waals surface area contributed by atoms with Crippen LogP contribution in [0.15, 0.2) is 24.3 Å². The second-order valence-electron chi connectivity index (χ2n) is 4.74. The van der Waals surface area contributed by atoms with Gasteiger partial charge in [0.1, 0.15) is 11.6 Å². The summed E-state index contributed by atoms with van der Waals surface area (Å²) in [5.74, 6) is -0.191. The van der Waals surface area contributed by atoms with E-state index >= 15 is 0 Å². The molecule has 1 aromatic carbocycles. The summed E-state index contributed by atoms with van der Waals surface area (Å²) >= 11 is 0. The molecule has 0 unspecified atom stereocenters. The molecule has 0 atom stereocenters. The molecule has 1 saturated carbocycles. The van der Waals surface area contributed by atoms with Crippen molar-refractivity contribution in [3.05, 3.63) is 35.6 Å². The van der Waals surface area contributed by atoms with Gasteiger partial charge < -0.3 is 5.73 Å². The lowest BCUT2D eigenvalue weighted by atomic mass is 9.74. The third-order valence-electron chi connectivity index (χ3n) is 3.19. The van der Waals surface area contributed by atoms with Gasteiger partial charge in [-0.05, 0) is 37.0 Å². The molecule has 2 rings (SSSR count). The minimum absolute atomic E-state index is 0.104. The molecule has 16 heavy (non-hydrogen) atoms. The average molecular weight is 221 g/mol. The van der Waals surface area contributed by atoms with Crippen molar-refractivity contribution in [2.75, 3.05) is 0 Å². The molecule has 86 valence electrons. The smallest absolute Gasteiger partial charge is 0.139 e. The van der Waals surface area contributed by atoms with E-state index in [0.717, 1.165) is 24.8 Å². The van der Waals surface area contributed by atoms with Crippen molar-refractivity contribution < 1.29 is 9.18 Å². The predicted octanol–water partition coefficient (Wildman–Crippen LogP) is 2.21. The SMILES string of the molecule is NC1(CC(=O)Cc2cccc(F)c2)CCC1. The Bertz CT molecular complexity index is 399. The van der Waals surface area contributed by atoms with Crippen LogP contribution < -0.4 is 5.73 Å². The Kier molecular flexibility index (Phi) is 3.06. The van der Waals surface area contributed by atoms with E-state index in [0.29, 0.717) is 6.42 Å². The van der Waals surface area contributed by atoms with Crippen LogP contribution in [0.25, 0.3) is 0 Å². The summed E-state index contributed by atoms with van der Waals surface area (Å²) < 4.78 is 12.9. The average Bonchev–Trinajstić information content (AvgIpc) is 2.15. The quantitative estimate of drug-likeness (QED) is 0.847. The fourth-order valence-corrected chi connectivity index (χ4v) is 2.14. The molecule has 0 radical (unpaired) electrons. The Morgan fingerprint density at radius 1 is 1.44 bits per heavy atom. The first-order valence-corrected chi connectivity index (χ1v) is 5.62. The van der Waals surface area contributed by atoms with Crippen LogP contribution in [-0.2, 0) is 11.2 Å². The number of ketones is 1. The summed E-state index contributed by atoms with van der Waals surface area (Å²) in [5.41, 5.74) is 6.45. The normalized spacial score (nSPS) is 17.9. The lowest BCUT2D eigenvalue weighted by molar-refractivity contribution is -0.120. The first kappa shape index (κ1) is 11.3. The monoisotopic (exact) mass is 221 g/mol. The number of nitrogens with two attached hydrogens (primary N) is 1. The second-order valence-corrected chi connectivity index (χ2v) is 4.74. The maximum absolute atomic E-state index is 12.9. The Morgan fingerprint density at radius 3 is 2.75 bits per heavy atom. The van der Waals surface area contributed by atoms with Gasteiger partial charge in [0.15, 0.2) is 0 Å². The lowest BCUT2D eigenvalue weighted by Crippen LogP contribution is -2.48. The molecule has 0 spiro atoms. The number of Topliss-reactive ketones (excluding diaryl/α,β-unsaturated/α-hetero) is 1. The number of rotatable bonds is 4. The van der Waals surface area contributed by atoms with E-state index in [2.05, 4.69) is 0 Å². The maximum atomic E-state index is 12.9. The number of halogens is 1. The van der Waals surface area contributed by atoms with Gasteiger partial charge in [0, 0.05) is 18.4 Å². The van der Waals surface area contributed by atoms with Crippen molar-refractivity contribution in [2.24, 2.45) is 5.73 Å². The Balaban J connectivity index is 1.92. The van der Waals surface area contributed by atoms with E-state index in [9.17, 15) is 9.18 Å². The van der Waals surface area contributed by atoms with Crippen LogP contribution >= 0.6 is 0 Å². The lowest BCUT2D eigenvalue weighted by Gasteiger charge is -2.37. The van der Waals surface area contributed by atoms with E-state index in [-0.39, 0.29) is 23.6 Å². The molecular weight excluding hydrogens is 205 g/mol. The molecule has 0 saturated heterocycles. The molecule has 2 nitrogen and oxygen atoms in total. The van der Waals surface area contributed by atoms with Crippen LogP contribution in [0, 0.1) is 5.82 Å². The molecule has 0 bridgehead atoms. The summed E-state index contributed by atoms with van der Waals surface area (Å²) in [6.45, 7) is 0. The van der Waals surface area contributed by atoms with Gasteiger partial charge >= 0.3 is 0 Å². The summed E-state index contributed by atoms with van der Waals surface area (Å²) in [6, 6.07) is 6.18. The third kappa shape index (κ3) is 2.67. The molecule has 2 N–H and O–H groups in total. The van der Waals surface area contributed by atoms with Gasteiger partial charge in [-0.25, -0.2) is 4.39 Å². The molecule has 1 fully saturated rings. The van der Waals surface area contributed by atoms with Crippen LogP contribution in [0.5, 0.6) is 0 Å². The van der Waals surface area contributed by atoms with Crippen LogP contribution in [0.2, 0.25) is 0 Å². The maximum Gasteiger partial charge on any atom is 0.139 e. The van der Waals surface area contributed by atoms with Crippen LogP contribution in [0.4, 0.5) is 4.39 Å². The van der Waals surface area contributed by atoms with E-state index < -0.39 is 0 Å². The van der Waals surface area contributed by atoms with E-state index in [1.165, 1.54) is 12.1 Å². The number of carbonyl (C=O) groups is 1. The first-order valence-electron chi connectivity index (χ1n) is 5.62. The summed E-state index contributed by atoms with van der Waals surface area (Å²) in [7, 11) is 0. The molecule has 0 amide bonds. The number of benzene rings is 1. The Morgan fingerprint density at radius 2 is 2.19 bits per heavy atom. The molecule has 1 aliphatic rings. The van der Waals surface area contributed by atoms with Gasteiger partial charge in [0.25, 0.3) is 0 Å². The molecule has 1 aromatic rings. The standard InChI is InChI=1S/C13H16FNO/c14-11-4-1-3-10(7-11)8-12(16)9-13(15)5-2-6-13/h1,3-4,7H,2,5-6,8-9,15H2. The van der Waals surface area contributed by atoms with Gasteiger partial charge in [0.05, 0.1) is 0 Å². The van der Waals surface area contributed by atoms with Crippen LogP contribution in [0.1, 0.15) is 31.2 Å². The van der Waals surface area contributed by atoms with Crippen molar-refractivity contribution in [2.45, 2.75) is 37.6 Å². The summed E-state index contributed by atoms with van der Waals surface area (Å²) in [6.07, 6.45) is 3.69. The highest BCUT2D eigenvalue weighted by Crippen LogP contribution is 2.32. The molecule has 3 heteroatoms. The van der Waals surface area contributed by atoms with E-state index in [4.69, 9.17) is 5.73 Å². The number of carbonyl (C=O) groups excluding carboxylic acids is 1. The van der Waals surface area contributed by atoms with Gasteiger partial charge in [-0.15, -0.1) is 0 Å². The van der Waals surface area contributed by atoms with Gasteiger partial charge in [-0.3, -0.25) is 4.79 Å². The van der Waals surface area contributed by atoms with Crippen LogP contribution in [0.3, 0.4) is 0 Å². The fraction of sp³-hybridized carbons (Fsp3) is 0.462. The predicted molar refractivity (Wildman–Crippen MR) is 60.5 cm³/mol. The highest BCUT2D eigenvalue weighted by Gasteiger charge is 2.34. The highest BCUT2D eigenvalue weighted by atomic mass is 19.1. The fourth-order valence-electron chi connectivity index (χ4n) is 2.14. The molecule has 0 aromatic heterocycles. The van der Waals surface area contributed by atoms with Gasteiger partial charge in [0.2, 0.25) is 0 Å². The zero-order chi connectivity index (χ0) is 11.6. The van der Waals surface area contributed by atoms with Crippen molar-refractivity contribution >= 4 is 5.78 Å². The molecular formula is C13H16FNO. The van der Waals surface area contributed by atoms with Crippen molar-refractivity contribution in [1.82, 2.24) is 0 Å². The largest absolute Gasteiger partial charge is 0.325 e. The highest BCUT2D eigenvalue weighted by molar-refractivity contribution is 5.82. The minimum Gasteiger partial charge on any atom is -0.325 e. The van der Waals surface area contributed by atoms with Crippen molar-refractivity contribution in [3.8, 4) is 0 Å². The topological polar surface area (TPSA) is 43.1 Å². The zero-order valence-electron chi connectivity index (χ0n) is 9.21. The molecule has 0 aliphatic heterocycles. The van der Waals surface area contributed by atoms with Gasteiger partial charge in [-0.2, -0.15) is 0 Å². The zero-order valence-corrected chi connectivity index (χ0v) is 9.21. The van der Waals surface area contributed by atoms with Crippen molar-refractivity contribution in [1.29, 1.82) is 0 Å². The van der Waals surface area contributed by atoms with Gasteiger partial charge in [-0.1, -0.05) is 12.1 Å². The van der Waals surface area contributed by atoms with E-state index in [1.54, 1.807) is 12.1 Å². The molecule has 0 heterocycles. The Hall–Kier alpha value is -1.22.